The zero-order valence-electron chi connectivity index (χ0n) is 24.6. The van der Waals surface area contributed by atoms with Crippen LogP contribution in [-0.4, -0.2) is 26.3 Å². The second-order valence-corrected chi connectivity index (χ2v) is 18.1. The Balaban J connectivity index is 0.000000180. The molecule has 0 N–H and O–H groups in total. The number of ether oxygens (including phenoxy) is 1. The SMILES string of the molecule is C1C2CC3C4CC5CC(C14)C(C2)C3C5.COC(=O)OS(=O)(=O)C(F)(F)S(c1ccccc1)(c1ccccc1)c1ccccc1. The van der Waals surface area contributed by atoms with Crippen molar-refractivity contribution in [2.45, 2.75) is 57.8 Å². The second kappa shape index (κ2) is 11.2. The first-order valence-corrected chi connectivity index (χ1v) is 18.6. The molecule has 7 saturated carbocycles. The summed E-state index contributed by atoms with van der Waals surface area (Å²) in [5, 5.41) is 0. The fourth-order valence-electron chi connectivity index (χ4n) is 9.91. The largest absolute Gasteiger partial charge is 0.524 e. The van der Waals surface area contributed by atoms with Crippen LogP contribution in [0.1, 0.15) is 38.5 Å². The summed E-state index contributed by atoms with van der Waals surface area (Å²) in [4.78, 5) is 11.7. The molecule has 9 heteroatoms. The van der Waals surface area contributed by atoms with Gasteiger partial charge in [-0.2, -0.15) is 17.2 Å². The predicted octanol–water partition coefficient (Wildman–Crippen LogP) is 8.96. The molecule has 3 aromatic rings. The first kappa shape index (κ1) is 29.8. The highest BCUT2D eigenvalue weighted by Crippen LogP contribution is 2.78. The molecule has 0 spiro atoms. The van der Waals surface area contributed by atoms with Crippen molar-refractivity contribution >= 4 is 26.3 Å². The van der Waals surface area contributed by atoms with Gasteiger partial charge in [-0.05, 0) is 122 Å². The Labute approximate surface area is 259 Å². The first-order valence-electron chi connectivity index (χ1n) is 15.6. The molecule has 0 atom stereocenters. The molecule has 0 saturated heterocycles. The molecular formula is C35H38F2O5S2. The number of rotatable bonds is 6. The summed E-state index contributed by atoms with van der Waals surface area (Å²) < 4.78 is 61.6. The maximum atomic E-state index is 16.2. The third-order valence-corrected chi connectivity index (χ3v) is 17.2. The summed E-state index contributed by atoms with van der Waals surface area (Å²) in [5.41, 5.74) is 0. The summed E-state index contributed by atoms with van der Waals surface area (Å²) in [6, 6.07) is 22.9. The van der Waals surface area contributed by atoms with Crippen LogP contribution in [-0.2, 0) is 19.0 Å². The van der Waals surface area contributed by atoms with Gasteiger partial charge in [0.25, 0.3) is 0 Å². The van der Waals surface area contributed by atoms with Gasteiger partial charge in [0.1, 0.15) is 0 Å². The number of alkyl halides is 2. The average molecular weight is 641 g/mol. The van der Waals surface area contributed by atoms with Crippen molar-refractivity contribution in [3.63, 3.8) is 0 Å². The Morgan fingerprint density at radius 2 is 0.909 bits per heavy atom. The topological polar surface area (TPSA) is 69.7 Å². The minimum Gasteiger partial charge on any atom is -0.437 e. The van der Waals surface area contributed by atoms with Gasteiger partial charge in [-0.25, -0.2) is 4.79 Å². The van der Waals surface area contributed by atoms with Crippen LogP contribution in [0.4, 0.5) is 13.6 Å². The van der Waals surface area contributed by atoms with Crippen molar-refractivity contribution in [2.24, 2.45) is 47.3 Å². The van der Waals surface area contributed by atoms with E-state index in [2.05, 4.69) is 8.92 Å². The number of hydrogen-bond donors (Lipinski definition) is 0. The first-order chi connectivity index (χ1) is 21.2. The van der Waals surface area contributed by atoms with Gasteiger partial charge in [0.2, 0.25) is 0 Å². The smallest absolute Gasteiger partial charge is 0.437 e. The van der Waals surface area contributed by atoms with E-state index >= 15 is 8.78 Å². The lowest BCUT2D eigenvalue weighted by Gasteiger charge is -2.69. The molecule has 7 aliphatic rings. The Kier molecular flexibility index (Phi) is 7.55. The van der Waals surface area contributed by atoms with Crippen LogP contribution in [0, 0.1) is 47.3 Å². The van der Waals surface area contributed by atoms with Gasteiger partial charge in [-0.3, -0.25) is 0 Å². The Bertz CT molecular complexity index is 1420. The monoisotopic (exact) mass is 640 g/mol. The molecule has 5 nitrogen and oxygen atoms in total. The maximum absolute atomic E-state index is 16.2. The van der Waals surface area contributed by atoms with Gasteiger partial charge in [0, 0.05) is 14.7 Å². The lowest BCUT2D eigenvalue weighted by Crippen LogP contribution is -2.62. The Hall–Kier alpha value is -2.91. The van der Waals surface area contributed by atoms with E-state index in [1.165, 1.54) is 83.7 Å². The van der Waals surface area contributed by atoms with E-state index in [1.807, 2.05) is 0 Å². The van der Waals surface area contributed by atoms with E-state index in [9.17, 15) is 13.2 Å². The normalized spacial score (nSPS) is 31.6. The molecule has 8 bridgehead atoms. The third kappa shape index (κ3) is 4.51. The molecule has 7 aliphatic carbocycles. The van der Waals surface area contributed by atoms with Crippen LogP contribution in [0.25, 0.3) is 0 Å². The van der Waals surface area contributed by atoms with Crippen LogP contribution in [0.3, 0.4) is 0 Å². The highest BCUT2D eigenvalue weighted by molar-refractivity contribution is 8.39. The van der Waals surface area contributed by atoms with Crippen molar-refractivity contribution in [2.75, 3.05) is 7.11 Å². The fraction of sp³-hybridized carbons (Fsp3) is 0.457. The second-order valence-electron chi connectivity index (χ2n) is 13.1. The standard InChI is InChI=1S/C21H18F2O5S2.C14H20/c1-27-20(24)28-30(25,26)21(22,23)29(17-11-5-2-6-12-17,18-13-7-3-8-14-18)19-15-9-4-10-16-19;1-7-2-12-10-4-8-5-11(9(1)10)13(3-7)14(12)6-8/h2-16H,1H3;7-14H,1-6H2. The molecule has 0 heterocycles. The zero-order chi connectivity index (χ0) is 30.7. The molecule has 0 radical (unpaired) electrons. The minimum absolute atomic E-state index is 0.0874. The van der Waals surface area contributed by atoms with Gasteiger partial charge in [0.15, 0.2) is 0 Å². The number of benzene rings is 3. The lowest BCUT2D eigenvalue weighted by atomic mass is 9.36. The molecule has 7 fully saturated rings. The van der Waals surface area contributed by atoms with Crippen molar-refractivity contribution in [3.8, 4) is 0 Å². The van der Waals surface area contributed by atoms with Crippen LogP contribution < -0.4 is 0 Å². The number of carbonyl (C=O) groups excluding carboxylic acids is 1. The highest BCUT2D eigenvalue weighted by atomic mass is 32.3. The molecular weight excluding hydrogens is 603 g/mol. The van der Waals surface area contributed by atoms with E-state index in [1.54, 1.807) is 93.1 Å². The highest BCUT2D eigenvalue weighted by Gasteiger charge is 2.65. The van der Waals surface area contributed by atoms with Crippen molar-refractivity contribution in [3.05, 3.63) is 91.0 Å². The van der Waals surface area contributed by atoms with Crippen molar-refractivity contribution in [1.29, 1.82) is 0 Å². The average Bonchev–Trinajstić information content (AvgIpc) is 3.05. The van der Waals surface area contributed by atoms with Crippen LogP contribution in [0.2, 0.25) is 0 Å². The molecule has 234 valence electrons. The van der Waals surface area contributed by atoms with E-state index in [-0.39, 0.29) is 14.7 Å². The van der Waals surface area contributed by atoms with Crippen LogP contribution in [0.15, 0.2) is 106 Å². The summed E-state index contributed by atoms with van der Waals surface area (Å²) >= 11 is 0. The molecule has 44 heavy (non-hydrogen) atoms. The summed E-state index contributed by atoms with van der Waals surface area (Å²) in [6.07, 6.45) is 8.19. The number of hydrogen-bond acceptors (Lipinski definition) is 5. The van der Waals surface area contributed by atoms with E-state index in [4.69, 9.17) is 0 Å². The summed E-state index contributed by atoms with van der Waals surface area (Å²) in [7, 11) is -8.69. The fourth-order valence-corrected chi connectivity index (χ4v) is 15.8. The number of halogens is 2. The molecule has 0 aromatic heterocycles. The third-order valence-electron chi connectivity index (χ3n) is 11.2. The van der Waals surface area contributed by atoms with Gasteiger partial charge in [-0.1, -0.05) is 64.6 Å². The van der Waals surface area contributed by atoms with Gasteiger partial charge in [-0.15, -0.1) is 0 Å². The molecule has 0 aliphatic heterocycles. The lowest BCUT2D eigenvalue weighted by molar-refractivity contribution is -0.202. The van der Waals surface area contributed by atoms with Crippen molar-refractivity contribution in [1.82, 2.24) is 0 Å². The quantitative estimate of drug-likeness (QED) is 0.199. The summed E-state index contributed by atoms with van der Waals surface area (Å²) in [5.74, 6) is 9.74. The van der Waals surface area contributed by atoms with E-state index < -0.39 is 30.9 Å². The van der Waals surface area contributed by atoms with Crippen LogP contribution >= 0.6 is 10.0 Å². The zero-order valence-corrected chi connectivity index (χ0v) is 26.3. The molecule has 3 aromatic carbocycles. The minimum atomic E-state index is -5.74. The maximum Gasteiger partial charge on any atom is 0.524 e. The van der Waals surface area contributed by atoms with E-state index in [0.29, 0.717) is 0 Å². The Morgan fingerprint density at radius 1 is 0.614 bits per heavy atom. The van der Waals surface area contributed by atoms with Gasteiger partial charge in [0.05, 0.1) is 7.11 Å². The van der Waals surface area contributed by atoms with Gasteiger partial charge >= 0.3 is 20.9 Å². The van der Waals surface area contributed by atoms with E-state index in [0.717, 1.165) is 7.11 Å². The number of methoxy groups -OCH3 is 1. The van der Waals surface area contributed by atoms with Gasteiger partial charge < -0.3 is 8.92 Å². The Morgan fingerprint density at radius 3 is 1.18 bits per heavy atom. The molecule has 0 unspecified atom stereocenters. The summed E-state index contributed by atoms with van der Waals surface area (Å²) in [6.45, 7) is 0. The molecule has 0 amide bonds. The van der Waals surface area contributed by atoms with Crippen LogP contribution in [0.5, 0.6) is 0 Å². The van der Waals surface area contributed by atoms with Crippen molar-refractivity contribution < 1.29 is 30.9 Å². The molecule has 10 rings (SSSR count). The predicted molar refractivity (Wildman–Crippen MR) is 165 cm³/mol. The number of carbonyl (C=O) groups is 1.